The van der Waals surface area contributed by atoms with E-state index in [1.807, 2.05) is 37.4 Å². The minimum atomic E-state index is -0.290. The molecule has 1 amide bonds. The first kappa shape index (κ1) is 27.6. The van der Waals surface area contributed by atoms with Crippen molar-refractivity contribution in [3.63, 3.8) is 0 Å². The van der Waals surface area contributed by atoms with E-state index >= 15 is 0 Å². The molecule has 9 nitrogen and oxygen atoms in total. The molecule has 0 saturated heterocycles. The average Bonchev–Trinajstić information content (AvgIpc) is 3.62. The quantitative estimate of drug-likeness (QED) is 0.257. The van der Waals surface area contributed by atoms with Gasteiger partial charge in [0.25, 0.3) is 5.91 Å². The second-order valence-corrected chi connectivity index (χ2v) is 12.0. The summed E-state index contributed by atoms with van der Waals surface area (Å²) < 4.78 is 36.6. The van der Waals surface area contributed by atoms with Gasteiger partial charge in [-0.05, 0) is 91.0 Å². The van der Waals surface area contributed by atoms with Crippen molar-refractivity contribution in [3.05, 3.63) is 94.0 Å². The molecule has 4 aromatic rings. The van der Waals surface area contributed by atoms with Crippen LogP contribution < -0.4 is 28.4 Å². The van der Waals surface area contributed by atoms with Gasteiger partial charge in [0.1, 0.15) is 5.75 Å². The number of hydrogen-bond donors (Lipinski definition) is 0. The summed E-state index contributed by atoms with van der Waals surface area (Å²) in [5.74, 6) is 4.63. The van der Waals surface area contributed by atoms with Crippen LogP contribution in [0.1, 0.15) is 50.3 Å². The molecule has 230 valence electrons. The van der Waals surface area contributed by atoms with Crippen molar-refractivity contribution in [2.45, 2.75) is 31.3 Å². The topological polar surface area (TPSA) is 78.9 Å². The van der Waals surface area contributed by atoms with E-state index in [-0.39, 0.29) is 24.8 Å². The normalized spacial score (nSPS) is 19.7. The summed E-state index contributed by atoms with van der Waals surface area (Å²) in [5.41, 5.74) is 5.89. The molecular formula is C36H34N2O7. The second-order valence-electron chi connectivity index (χ2n) is 12.0. The van der Waals surface area contributed by atoms with Crippen LogP contribution in [-0.4, -0.2) is 57.4 Å². The molecule has 6 bridgehead atoms. The standard InChI is InChI=1S/C36H34N2O7/c1-37-12-11-22-16-29(41-4)31-17-24(22)26(37)14-21-7-10-28(40-3)30(15-21)44-23-8-5-20(6-9-23)13-27-33-25(36(39)38(27)2)18-32-34(35(33)45-31)43-19-42-32/h5-10,15-18,26-27H,11-14,19H2,1-4H3/t26-,27+/m1/s1. The minimum Gasteiger partial charge on any atom is -0.493 e. The Kier molecular flexibility index (Phi) is 6.53. The summed E-state index contributed by atoms with van der Waals surface area (Å²) in [5, 5.41) is 0. The highest BCUT2D eigenvalue weighted by Crippen LogP contribution is 2.54. The van der Waals surface area contributed by atoms with Crippen molar-refractivity contribution in [1.82, 2.24) is 9.80 Å². The van der Waals surface area contributed by atoms with Crippen LogP contribution >= 0.6 is 0 Å². The Hall–Kier alpha value is -4.89. The van der Waals surface area contributed by atoms with Crippen molar-refractivity contribution in [1.29, 1.82) is 0 Å². The Morgan fingerprint density at radius 2 is 1.51 bits per heavy atom. The molecule has 0 N–H and O–H groups in total. The fraction of sp³-hybridized carbons (Fsp3) is 0.306. The number of ether oxygens (including phenoxy) is 6. The van der Waals surface area contributed by atoms with Gasteiger partial charge in [0.2, 0.25) is 12.5 Å². The maximum Gasteiger partial charge on any atom is 0.254 e. The van der Waals surface area contributed by atoms with E-state index in [1.165, 1.54) is 11.1 Å². The summed E-state index contributed by atoms with van der Waals surface area (Å²) in [4.78, 5) is 17.8. The molecule has 0 radical (unpaired) electrons. The predicted octanol–water partition coefficient (Wildman–Crippen LogP) is 6.47. The number of nitrogens with zero attached hydrogens (tertiary/aromatic N) is 2. The number of amides is 1. The number of benzene rings is 4. The lowest BCUT2D eigenvalue weighted by molar-refractivity contribution is 0.0773. The third-order valence-electron chi connectivity index (χ3n) is 9.51. The summed E-state index contributed by atoms with van der Waals surface area (Å²) in [7, 11) is 7.29. The Bertz CT molecular complexity index is 1840. The summed E-state index contributed by atoms with van der Waals surface area (Å²) in [6.07, 6.45) is 2.21. The van der Waals surface area contributed by atoms with E-state index in [2.05, 4.69) is 36.2 Å². The van der Waals surface area contributed by atoms with E-state index < -0.39 is 0 Å². The molecule has 0 fully saturated rings. The van der Waals surface area contributed by atoms with Crippen molar-refractivity contribution in [3.8, 4) is 46.0 Å². The van der Waals surface area contributed by atoms with Gasteiger partial charge in [0.05, 0.1) is 25.8 Å². The zero-order valence-corrected chi connectivity index (χ0v) is 25.7. The summed E-state index contributed by atoms with van der Waals surface area (Å²) in [6.45, 7) is 0.969. The zero-order chi connectivity index (χ0) is 30.8. The van der Waals surface area contributed by atoms with E-state index in [0.29, 0.717) is 58.0 Å². The van der Waals surface area contributed by atoms with Gasteiger partial charge in [-0.2, -0.15) is 0 Å². The molecule has 45 heavy (non-hydrogen) atoms. The first-order valence-electron chi connectivity index (χ1n) is 15.2. The highest BCUT2D eigenvalue weighted by atomic mass is 16.7. The molecule has 5 aliphatic heterocycles. The van der Waals surface area contributed by atoms with E-state index in [1.54, 1.807) is 25.2 Å². The van der Waals surface area contributed by atoms with E-state index in [4.69, 9.17) is 28.4 Å². The van der Waals surface area contributed by atoms with Gasteiger partial charge < -0.3 is 33.3 Å². The highest BCUT2D eigenvalue weighted by molar-refractivity contribution is 6.01. The van der Waals surface area contributed by atoms with Gasteiger partial charge in [0, 0.05) is 25.2 Å². The molecule has 4 aromatic carbocycles. The third-order valence-corrected chi connectivity index (χ3v) is 9.51. The Labute approximate surface area is 261 Å². The molecular weight excluding hydrogens is 572 g/mol. The van der Waals surface area contributed by atoms with Gasteiger partial charge in [-0.1, -0.05) is 18.2 Å². The van der Waals surface area contributed by atoms with Gasteiger partial charge in [-0.15, -0.1) is 0 Å². The molecule has 0 saturated carbocycles. The number of methoxy groups -OCH3 is 2. The van der Waals surface area contributed by atoms with Gasteiger partial charge >= 0.3 is 0 Å². The maximum absolute atomic E-state index is 13.6. The van der Waals surface area contributed by atoms with Crippen molar-refractivity contribution >= 4 is 5.91 Å². The largest absolute Gasteiger partial charge is 0.493 e. The van der Waals surface area contributed by atoms with Gasteiger partial charge in [-0.25, -0.2) is 0 Å². The van der Waals surface area contributed by atoms with Gasteiger partial charge in [-0.3, -0.25) is 9.69 Å². The number of carbonyl (C=O) groups excluding carboxylic acids is 1. The maximum atomic E-state index is 13.6. The third kappa shape index (κ3) is 4.52. The SMILES string of the molecule is COc1ccc2cc1Oc1ccc(cc1)C[C@H]1c3c(cc4c(c3Oc3cc5c(cc3OC)CCN(C)[C@@H]5C2)OCO4)C(=O)N1C. The van der Waals surface area contributed by atoms with Crippen molar-refractivity contribution in [2.24, 2.45) is 0 Å². The average molecular weight is 607 g/mol. The number of fused-ring (bicyclic) bond motifs is 3. The van der Waals surface area contributed by atoms with E-state index in [0.717, 1.165) is 36.1 Å². The van der Waals surface area contributed by atoms with Crippen LogP contribution in [0.4, 0.5) is 0 Å². The predicted molar refractivity (Wildman–Crippen MR) is 166 cm³/mol. The molecule has 5 aliphatic rings. The number of rotatable bonds is 2. The Morgan fingerprint density at radius 1 is 0.756 bits per heavy atom. The van der Waals surface area contributed by atoms with Crippen LogP contribution in [0.2, 0.25) is 0 Å². The zero-order valence-electron chi connectivity index (χ0n) is 25.7. The molecule has 0 aliphatic carbocycles. The smallest absolute Gasteiger partial charge is 0.254 e. The van der Waals surface area contributed by atoms with E-state index in [9.17, 15) is 4.79 Å². The minimum absolute atomic E-state index is 0.0583. The van der Waals surface area contributed by atoms with Crippen LogP contribution in [0.25, 0.3) is 0 Å². The number of carbonyl (C=O) groups is 1. The van der Waals surface area contributed by atoms with Crippen molar-refractivity contribution in [2.75, 3.05) is 41.7 Å². The molecule has 0 spiro atoms. The number of hydrogen-bond acceptors (Lipinski definition) is 8. The molecule has 9 heteroatoms. The first-order valence-corrected chi connectivity index (χ1v) is 15.2. The van der Waals surface area contributed by atoms with Crippen LogP contribution in [0.3, 0.4) is 0 Å². The Balaban J connectivity index is 1.34. The fourth-order valence-electron chi connectivity index (χ4n) is 7.04. The van der Waals surface area contributed by atoms with Crippen molar-refractivity contribution < 1.29 is 33.2 Å². The van der Waals surface area contributed by atoms with Crippen LogP contribution in [0.5, 0.6) is 46.0 Å². The molecule has 0 aromatic heterocycles. The first-order chi connectivity index (χ1) is 21.9. The fourth-order valence-corrected chi connectivity index (χ4v) is 7.04. The molecule has 0 unspecified atom stereocenters. The van der Waals surface area contributed by atoms with Crippen LogP contribution in [-0.2, 0) is 19.3 Å². The highest BCUT2D eigenvalue weighted by Gasteiger charge is 2.42. The molecule has 9 rings (SSSR count). The summed E-state index contributed by atoms with van der Waals surface area (Å²) in [6, 6.07) is 19.8. The molecule has 2 atom stereocenters. The lowest BCUT2D eigenvalue weighted by atomic mass is 9.88. The Morgan fingerprint density at radius 3 is 2.31 bits per heavy atom. The van der Waals surface area contributed by atoms with Gasteiger partial charge in [0.15, 0.2) is 34.5 Å². The lowest BCUT2D eigenvalue weighted by Crippen LogP contribution is -2.33. The number of likely N-dealkylation sites (N-methyl/N-ethyl adjacent to an activating group) is 2. The van der Waals surface area contributed by atoms with Crippen LogP contribution in [0.15, 0.2) is 60.7 Å². The second kappa shape index (κ2) is 10.6. The van der Waals surface area contributed by atoms with Crippen LogP contribution in [0, 0.1) is 0 Å². The monoisotopic (exact) mass is 606 g/mol. The molecule has 5 heterocycles. The lowest BCUT2D eigenvalue weighted by Gasteiger charge is -2.35. The summed E-state index contributed by atoms with van der Waals surface area (Å²) >= 11 is 0.